The van der Waals surface area contributed by atoms with Gasteiger partial charge in [0.1, 0.15) is 0 Å². The molecule has 19 heavy (non-hydrogen) atoms. The first kappa shape index (κ1) is 14.7. The van der Waals surface area contributed by atoms with Gasteiger partial charge in [0.25, 0.3) is 0 Å². The number of carbonyl (C=O) groups is 1. The molecule has 1 heterocycles. The number of nitrogens with two attached hydrogens (primary N) is 1. The number of aryl methyl sites for hydroxylation is 1. The van der Waals surface area contributed by atoms with Crippen LogP contribution in [-0.4, -0.2) is 22.7 Å². The van der Waals surface area contributed by atoms with Crippen LogP contribution in [0.5, 0.6) is 0 Å². The van der Waals surface area contributed by atoms with Gasteiger partial charge in [0, 0.05) is 18.2 Å². The molecule has 1 amide bonds. The SMILES string of the molecule is Cc1nc(N)sc1SCCC(=O)NC1CCCCC1. The molecule has 2 rings (SSSR count). The Labute approximate surface area is 122 Å². The minimum atomic E-state index is 0.176. The Bertz CT molecular complexity index is 428. The third-order valence-corrected chi connectivity index (χ3v) is 5.65. The molecule has 0 radical (unpaired) electrons. The molecule has 106 valence electrons. The van der Waals surface area contributed by atoms with E-state index in [1.54, 1.807) is 11.8 Å². The number of nitrogen functional groups attached to an aromatic ring is 1. The third-order valence-electron chi connectivity index (χ3n) is 3.30. The zero-order valence-corrected chi connectivity index (χ0v) is 12.9. The van der Waals surface area contributed by atoms with Crippen molar-refractivity contribution in [3.05, 3.63) is 5.69 Å². The highest BCUT2D eigenvalue weighted by atomic mass is 32.2. The standard InChI is InChI=1S/C13H21N3OS2/c1-9-12(19-13(14)15-9)18-8-7-11(17)16-10-5-3-2-4-6-10/h10H,2-8H2,1H3,(H2,14,15)(H,16,17). The second kappa shape index (κ2) is 7.14. The first-order valence-electron chi connectivity index (χ1n) is 6.80. The molecule has 4 nitrogen and oxygen atoms in total. The molecule has 1 fully saturated rings. The van der Waals surface area contributed by atoms with Crippen molar-refractivity contribution < 1.29 is 4.79 Å². The zero-order valence-electron chi connectivity index (χ0n) is 11.3. The van der Waals surface area contributed by atoms with E-state index in [1.807, 2.05) is 6.92 Å². The number of thiazole rings is 1. The van der Waals surface area contributed by atoms with E-state index >= 15 is 0 Å². The topological polar surface area (TPSA) is 68.0 Å². The van der Waals surface area contributed by atoms with Crippen molar-refractivity contribution in [2.45, 2.75) is 55.7 Å². The van der Waals surface area contributed by atoms with Gasteiger partial charge < -0.3 is 11.1 Å². The molecule has 1 aliphatic carbocycles. The summed E-state index contributed by atoms with van der Waals surface area (Å²) in [5, 5.41) is 3.74. The number of nitrogens with zero attached hydrogens (tertiary/aromatic N) is 1. The average molecular weight is 299 g/mol. The molecule has 0 bridgehead atoms. The van der Waals surface area contributed by atoms with Crippen molar-refractivity contribution in [1.29, 1.82) is 0 Å². The van der Waals surface area contributed by atoms with Gasteiger partial charge in [-0.2, -0.15) is 0 Å². The number of nitrogens with one attached hydrogen (secondary N) is 1. The quantitative estimate of drug-likeness (QED) is 0.820. The molecule has 0 aromatic carbocycles. The minimum absolute atomic E-state index is 0.176. The van der Waals surface area contributed by atoms with Gasteiger partial charge in [-0.15, -0.1) is 11.8 Å². The number of carbonyl (C=O) groups excluding carboxylic acids is 1. The van der Waals surface area contributed by atoms with E-state index < -0.39 is 0 Å². The maximum atomic E-state index is 11.8. The van der Waals surface area contributed by atoms with E-state index in [9.17, 15) is 4.79 Å². The molecule has 1 aromatic rings. The van der Waals surface area contributed by atoms with Crippen molar-refractivity contribution in [2.75, 3.05) is 11.5 Å². The van der Waals surface area contributed by atoms with Crippen LogP contribution < -0.4 is 11.1 Å². The van der Waals surface area contributed by atoms with Crippen LogP contribution in [0.25, 0.3) is 0 Å². The molecule has 1 aliphatic rings. The highest BCUT2D eigenvalue weighted by Gasteiger charge is 2.15. The second-order valence-electron chi connectivity index (χ2n) is 4.93. The largest absolute Gasteiger partial charge is 0.375 e. The summed E-state index contributed by atoms with van der Waals surface area (Å²) in [5.74, 6) is 0.968. The fourth-order valence-electron chi connectivity index (χ4n) is 2.32. The average Bonchev–Trinajstić information content (AvgIpc) is 2.69. The third kappa shape index (κ3) is 4.69. The van der Waals surface area contributed by atoms with Crippen LogP contribution >= 0.6 is 23.1 Å². The smallest absolute Gasteiger partial charge is 0.221 e. The molecule has 0 atom stereocenters. The summed E-state index contributed by atoms with van der Waals surface area (Å²) < 4.78 is 1.13. The van der Waals surface area contributed by atoms with Crippen LogP contribution in [0.3, 0.4) is 0 Å². The summed E-state index contributed by atoms with van der Waals surface area (Å²) in [6.07, 6.45) is 6.66. The molecular formula is C13H21N3OS2. The molecule has 0 saturated heterocycles. The summed E-state index contributed by atoms with van der Waals surface area (Å²) >= 11 is 3.17. The van der Waals surface area contributed by atoms with E-state index in [2.05, 4.69) is 10.3 Å². The van der Waals surface area contributed by atoms with Gasteiger partial charge in [-0.05, 0) is 19.8 Å². The molecule has 0 aliphatic heterocycles. The Balaban J connectivity index is 1.67. The Morgan fingerprint density at radius 3 is 2.84 bits per heavy atom. The second-order valence-corrected chi connectivity index (χ2v) is 7.32. The van der Waals surface area contributed by atoms with Gasteiger partial charge >= 0.3 is 0 Å². The summed E-state index contributed by atoms with van der Waals surface area (Å²) in [6, 6.07) is 0.409. The number of aromatic nitrogens is 1. The van der Waals surface area contributed by atoms with Gasteiger partial charge in [0.2, 0.25) is 5.91 Å². The normalized spacial score (nSPS) is 16.5. The molecule has 0 unspecified atom stereocenters. The Hall–Kier alpha value is -0.750. The first-order chi connectivity index (χ1) is 9.15. The molecule has 6 heteroatoms. The molecular weight excluding hydrogens is 278 g/mol. The monoisotopic (exact) mass is 299 g/mol. The number of hydrogen-bond acceptors (Lipinski definition) is 5. The van der Waals surface area contributed by atoms with Crippen LogP contribution in [-0.2, 0) is 4.79 Å². The lowest BCUT2D eigenvalue weighted by molar-refractivity contribution is -0.121. The van der Waals surface area contributed by atoms with Crippen LogP contribution in [0, 0.1) is 6.92 Å². The van der Waals surface area contributed by atoms with Crippen molar-refractivity contribution >= 4 is 34.1 Å². The van der Waals surface area contributed by atoms with E-state index in [1.165, 1.54) is 30.6 Å². The first-order valence-corrected chi connectivity index (χ1v) is 8.60. The van der Waals surface area contributed by atoms with E-state index in [-0.39, 0.29) is 5.91 Å². The Morgan fingerprint density at radius 1 is 1.47 bits per heavy atom. The number of hydrogen-bond donors (Lipinski definition) is 2. The van der Waals surface area contributed by atoms with Crippen molar-refractivity contribution in [3.8, 4) is 0 Å². The van der Waals surface area contributed by atoms with Gasteiger partial charge in [0.15, 0.2) is 5.13 Å². The molecule has 3 N–H and O–H groups in total. The maximum absolute atomic E-state index is 11.8. The van der Waals surface area contributed by atoms with Crippen molar-refractivity contribution in [3.63, 3.8) is 0 Å². The van der Waals surface area contributed by atoms with Crippen LogP contribution in [0.2, 0.25) is 0 Å². The highest BCUT2D eigenvalue weighted by molar-refractivity contribution is 8.01. The van der Waals surface area contributed by atoms with Crippen molar-refractivity contribution in [2.24, 2.45) is 0 Å². The van der Waals surface area contributed by atoms with Crippen LogP contribution in [0.4, 0.5) is 5.13 Å². The Morgan fingerprint density at radius 2 is 2.21 bits per heavy atom. The number of thioether (sulfide) groups is 1. The fourth-order valence-corrected chi connectivity index (χ4v) is 4.35. The summed E-state index contributed by atoms with van der Waals surface area (Å²) in [7, 11) is 0. The van der Waals surface area contributed by atoms with Gasteiger partial charge in [-0.25, -0.2) is 4.98 Å². The van der Waals surface area contributed by atoms with Gasteiger partial charge in [0.05, 0.1) is 9.90 Å². The van der Waals surface area contributed by atoms with Gasteiger partial charge in [-0.3, -0.25) is 4.79 Å². The lowest BCUT2D eigenvalue weighted by Crippen LogP contribution is -2.36. The highest BCUT2D eigenvalue weighted by Crippen LogP contribution is 2.30. The molecule has 1 saturated carbocycles. The summed E-state index contributed by atoms with van der Waals surface area (Å²) in [6.45, 7) is 1.96. The van der Waals surface area contributed by atoms with E-state index in [4.69, 9.17) is 5.73 Å². The Kier molecular flexibility index (Phi) is 5.51. The minimum Gasteiger partial charge on any atom is -0.375 e. The number of anilines is 1. The predicted molar refractivity (Wildman–Crippen MR) is 81.6 cm³/mol. The lowest BCUT2D eigenvalue weighted by atomic mass is 9.95. The van der Waals surface area contributed by atoms with E-state index in [0.717, 1.165) is 28.5 Å². The van der Waals surface area contributed by atoms with Crippen LogP contribution in [0.1, 0.15) is 44.2 Å². The number of amides is 1. The molecule has 1 aromatic heterocycles. The number of rotatable bonds is 5. The van der Waals surface area contributed by atoms with E-state index in [0.29, 0.717) is 17.6 Å². The summed E-state index contributed by atoms with van der Waals surface area (Å²) in [5.41, 5.74) is 6.62. The van der Waals surface area contributed by atoms with Crippen LogP contribution in [0.15, 0.2) is 4.21 Å². The zero-order chi connectivity index (χ0) is 13.7. The molecule has 0 spiro atoms. The lowest BCUT2D eigenvalue weighted by Gasteiger charge is -2.22. The maximum Gasteiger partial charge on any atom is 0.221 e. The predicted octanol–water partition coefficient (Wildman–Crippen LogP) is 2.96. The fraction of sp³-hybridized carbons (Fsp3) is 0.692. The van der Waals surface area contributed by atoms with Gasteiger partial charge in [-0.1, -0.05) is 30.6 Å². The summed E-state index contributed by atoms with van der Waals surface area (Å²) in [4.78, 5) is 16.0. The van der Waals surface area contributed by atoms with Crippen molar-refractivity contribution in [1.82, 2.24) is 10.3 Å².